The van der Waals surface area contributed by atoms with Crippen molar-refractivity contribution < 1.29 is 14.8 Å². The molecule has 7 nitrogen and oxygen atoms in total. The van der Waals surface area contributed by atoms with Crippen molar-refractivity contribution in [2.24, 2.45) is 0 Å². The average Bonchev–Trinajstić information content (AvgIpc) is 2.38. The first kappa shape index (κ1) is 13.0. The Bertz CT molecular complexity index is 568. The lowest BCUT2D eigenvalue weighted by atomic mass is 10.1. The predicted molar refractivity (Wildman–Crippen MR) is 68.4 cm³/mol. The molecule has 2 rings (SSSR count). The van der Waals surface area contributed by atoms with Crippen LogP contribution < -0.4 is 4.90 Å². The van der Waals surface area contributed by atoms with Crippen molar-refractivity contribution in [3.05, 3.63) is 39.6 Å². The molecular weight excluding hydrogens is 250 g/mol. The molecule has 1 aromatic heterocycles. The van der Waals surface area contributed by atoms with Gasteiger partial charge in [-0.15, -0.1) is 0 Å². The molecule has 0 saturated heterocycles. The Morgan fingerprint density at radius 2 is 2.32 bits per heavy atom. The van der Waals surface area contributed by atoms with Crippen LogP contribution in [0.1, 0.15) is 23.7 Å². The Morgan fingerprint density at radius 1 is 1.58 bits per heavy atom. The minimum absolute atomic E-state index is 0.181. The van der Waals surface area contributed by atoms with Crippen molar-refractivity contribution in [1.82, 2.24) is 4.98 Å². The number of nitro groups is 1. The molecule has 0 unspecified atom stereocenters. The zero-order chi connectivity index (χ0) is 14.0. The maximum Gasteiger partial charge on any atom is 0.337 e. The van der Waals surface area contributed by atoms with Crippen molar-refractivity contribution in [2.75, 3.05) is 18.0 Å². The highest BCUT2D eigenvalue weighted by Gasteiger charge is 2.24. The third kappa shape index (κ3) is 2.70. The molecule has 0 spiro atoms. The monoisotopic (exact) mass is 263 g/mol. The van der Waals surface area contributed by atoms with Crippen LogP contribution in [0.3, 0.4) is 0 Å². The number of aromatic nitrogens is 1. The van der Waals surface area contributed by atoms with E-state index in [0.29, 0.717) is 13.1 Å². The van der Waals surface area contributed by atoms with E-state index in [9.17, 15) is 14.9 Å². The summed E-state index contributed by atoms with van der Waals surface area (Å²) >= 11 is 0. The molecule has 0 aromatic carbocycles. The summed E-state index contributed by atoms with van der Waals surface area (Å²) in [6.07, 6.45) is 3.95. The van der Waals surface area contributed by atoms with Crippen LogP contribution in [0.5, 0.6) is 0 Å². The second kappa shape index (κ2) is 5.05. The number of nitrogens with zero attached hydrogens (tertiary/aromatic N) is 3. The standard InChI is InChI=1S/C12H13N3O4/c1-8-2-4-14(5-3-8)11-10(15(18)19)6-9(7-13-11)12(16)17/h2,6-7H,3-5H2,1H3,(H,16,17). The van der Waals surface area contributed by atoms with Gasteiger partial charge in [0.05, 0.1) is 10.5 Å². The molecule has 7 heteroatoms. The molecule has 1 aliphatic heterocycles. The molecule has 19 heavy (non-hydrogen) atoms. The van der Waals surface area contributed by atoms with Gasteiger partial charge >= 0.3 is 11.7 Å². The van der Waals surface area contributed by atoms with E-state index >= 15 is 0 Å². The molecule has 1 N–H and O–H groups in total. The molecule has 2 heterocycles. The topological polar surface area (TPSA) is 96.6 Å². The van der Waals surface area contributed by atoms with Gasteiger partial charge in [0.25, 0.3) is 0 Å². The van der Waals surface area contributed by atoms with Crippen LogP contribution in [0.2, 0.25) is 0 Å². The van der Waals surface area contributed by atoms with E-state index in [-0.39, 0.29) is 17.1 Å². The normalized spacial score (nSPS) is 15.0. The van der Waals surface area contributed by atoms with Gasteiger partial charge in [0.1, 0.15) is 0 Å². The molecule has 0 radical (unpaired) electrons. The Labute approximate surface area is 109 Å². The van der Waals surface area contributed by atoms with Crippen LogP contribution in [0, 0.1) is 10.1 Å². The smallest absolute Gasteiger partial charge is 0.337 e. The summed E-state index contributed by atoms with van der Waals surface area (Å²) < 4.78 is 0. The lowest BCUT2D eigenvalue weighted by molar-refractivity contribution is -0.384. The van der Waals surface area contributed by atoms with Crippen LogP contribution in [-0.2, 0) is 0 Å². The molecule has 1 aliphatic rings. The van der Waals surface area contributed by atoms with E-state index < -0.39 is 10.9 Å². The maximum absolute atomic E-state index is 11.0. The first-order valence-electron chi connectivity index (χ1n) is 5.77. The van der Waals surface area contributed by atoms with Crippen molar-refractivity contribution >= 4 is 17.5 Å². The van der Waals surface area contributed by atoms with Crippen LogP contribution >= 0.6 is 0 Å². The molecule has 100 valence electrons. The minimum atomic E-state index is -1.23. The molecule has 0 saturated carbocycles. The lowest BCUT2D eigenvalue weighted by Crippen LogP contribution is -2.29. The fraction of sp³-hybridized carbons (Fsp3) is 0.333. The third-order valence-electron chi connectivity index (χ3n) is 3.03. The number of hydrogen-bond acceptors (Lipinski definition) is 5. The molecule has 0 atom stereocenters. The van der Waals surface area contributed by atoms with Gasteiger partial charge < -0.3 is 10.0 Å². The molecule has 0 bridgehead atoms. The zero-order valence-electron chi connectivity index (χ0n) is 10.4. The Morgan fingerprint density at radius 3 is 2.84 bits per heavy atom. The maximum atomic E-state index is 11.0. The number of aromatic carboxylic acids is 1. The van der Waals surface area contributed by atoms with Crippen molar-refractivity contribution in [1.29, 1.82) is 0 Å². The number of carbonyl (C=O) groups is 1. The van der Waals surface area contributed by atoms with Crippen LogP contribution in [0.4, 0.5) is 11.5 Å². The first-order valence-corrected chi connectivity index (χ1v) is 5.77. The number of hydrogen-bond donors (Lipinski definition) is 1. The van der Waals surface area contributed by atoms with Gasteiger partial charge in [-0.3, -0.25) is 10.1 Å². The van der Waals surface area contributed by atoms with Gasteiger partial charge in [-0.25, -0.2) is 9.78 Å². The van der Waals surface area contributed by atoms with Crippen molar-refractivity contribution in [3.8, 4) is 0 Å². The summed E-state index contributed by atoms with van der Waals surface area (Å²) in [5.41, 5.74) is 0.785. The summed E-state index contributed by atoms with van der Waals surface area (Å²) in [6.45, 7) is 3.20. The summed E-state index contributed by atoms with van der Waals surface area (Å²) in [6, 6.07) is 1.05. The summed E-state index contributed by atoms with van der Waals surface area (Å²) in [4.78, 5) is 27.0. The highest BCUT2D eigenvalue weighted by atomic mass is 16.6. The Hall–Kier alpha value is -2.44. The number of pyridine rings is 1. The molecular formula is C12H13N3O4. The molecule has 0 amide bonds. The lowest BCUT2D eigenvalue weighted by Gasteiger charge is -2.26. The molecule has 0 fully saturated rings. The fourth-order valence-corrected chi connectivity index (χ4v) is 1.90. The van der Waals surface area contributed by atoms with Gasteiger partial charge in [-0.2, -0.15) is 0 Å². The van der Waals surface area contributed by atoms with Crippen LogP contribution in [0.15, 0.2) is 23.9 Å². The second-order valence-electron chi connectivity index (χ2n) is 4.38. The highest BCUT2D eigenvalue weighted by Crippen LogP contribution is 2.28. The van der Waals surface area contributed by atoms with Crippen molar-refractivity contribution in [3.63, 3.8) is 0 Å². The average molecular weight is 263 g/mol. The summed E-state index contributed by atoms with van der Waals surface area (Å²) in [5, 5.41) is 19.9. The molecule has 1 aromatic rings. The fourth-order valence-electron chi connectivity index (χ4n) is 1.90. The van der Waals surface area contributed by atoms with Gasteiger partial charge in [0, 0.05) is 25.4 Å². The second-order valence-corrected chi connectivity index (χ2v) is 4.38. The summed E-state index contributed by atoms with van der Waals surface area (Å²) in [5.74, 6) is -1.00. The van der Waals surface area contributed by atoms with E-state index in [1.165, 1.54) is 5.57 Å². The van der Waals surface area contributed by atoms with Gasteiger partial charge in [-0.05, 0) is 13.3 Å². The molecule has 0 aliphatic carbocycles. The van der Waals surface area contributed by atoms with Crippen LogP contribution in [0.25, 0.3) is 0 Å². The predicted octanol–water partition coefficient (Wildman–Crippen LogP) is 1.84. The number of carboxylic acid groups (broad SMARTS) is 1. The largest absolute Gasteiger partial charge is 0.478 e. The van der Waals surface area contributed by atoms with E-state index in [4.69, 9.17) is 5.11 Å². The number of carboxylic acids is 1. The number of rotatable bonds is 3. The first-order chi connectivity index (χ1) is 8.99. The SMILES string of the molecule is CC1=CCN(c2ncc(C(=O)O)cc2[N+](=O)[O-])CC1. The summed E-state index contributed by atoms with van der Waals surface area (Å²) in [7, 11) is 0. The van der Waals surface area contributed by atoms with E-state index in [1.54, 1.807) is 4.90 Å². The minimum Gasteiger partial charge on any atom is -0.478 e. The third-order valence-corrected chi connectivity index (χ3v) is 3.03. The van der Waals surface area contributed by atoms with Crippen LogP contribution in [-0.4, -0.2) is 34.1 Å². The van der Waals surface area contributed by atoms with E-state index in [2.05, 4.69) is 4.98 Å². The Balaban J connectivity index is 2.40. The van der Waals surface area contributed by atoms with Crippen molar-refractivity contribution in [2.45, 2.75) is 13.3 Å². The van der Waals surface area contributed by atoms with Gasteiger partial charge in [-0.1, -0.05) is 11.6 Å². The zero-order valence-corrected chi connectivity index (χ0v) is 10.4. The van der Waals surface area contributed by atoms with E-state index in [1.807, 2.05) is 13.0 Å². The quantitative estimate of drug-likeness (QED) is 0.507. The highest BCUT2D eigenvalue weighted by molar-refractivity contribution is 5.88. The number of anilines is 1. The van der Waals surface area contributed by atoms with Gasteiger partial charge in [0.2, 0.25) is 5.82 Å². The Kier molecular flexibility index (Phi) is 3.46. The van der Waals surface area contributed by atoms with Gasteiger partial charge in [0.15, 0.2) is 0 Å². The van der Waals surface area contributed by atoms with E-state index in [0.717, 1.165) is 18.7 Å².